The second-order valence-corrected chi connectivity index (χ2v) is 6.53. The lowest BCUT2D eigenvalue weighted by atomic mass is 10.1. The van der Waals surface area contributed by atoms with Crippen LogP contribution in [0.4, 0.5) is 17.2 Å². The summed E-state index contributed by atoms with van der Waals surface area (Å²) in [7, 11) is 3.28. The van der Waals surface area contributed by atoms with Crippen molar-refractivity contribution in [3.05, 3.63) is 42.7 Å². The van der Waals surface area contributed by atoms with Crippen molar-refractivity contribution in [3.8, 4) is 17.1 Å². The first kappa shape index (κ1) is 19.5. The number of aryl methyl sites for hydroxylation is 1. The standard InChI is InChI=1S/C20H22N8O2/c1-12-26-17(18-20(27-12)25-11-24-18)15-8-14(21-6-7-29-2)10-23-19(15)28-13-4-5-16(30-3)22-9-13/h4-5,8-11,21H,6-7H2,1-3H3,(H,23,28)(H,24,25,26,27)/p+1. The van der Waals surface area contributed by atoms with Crippen molar-refractivity contribution in [2.45, 2.75) is 6.92 Å². The second kappa shape index (κ2) is 8.70. The summed E-state index contributed by atoms with van der Waals surface area (Å²) in [5.41, 5.74) is 4.58. The Morgan fingerprint density at radius 2 is 2.03 bits per heavy atom. The summed E-state index contributed by atoms with van der Waals surface area (Å²) in [6.45, 7) is 3.10. The number of nitrogens with zero attached hydrogens (tertiary/aromatic N) is 4. The van der Waals surface area contributed by atoms with Crippen LogP contribution >= 0.6 is 0 Å². The van der Waals surface area contributed by atoms with Gasteiger partial charge in [0.2, 0.25) is 0 Å². The van der Waals surface area contributed by atoms with Crippen LogP contribution in [-0.4, -0.2) is 52.3 Å². The lowest BCUT2D eigenvalue weighted by Gasteiger charge is -2.13. The van der Waals surface area contributed by atoms with Crippen LogP contribution < -0.4 is 20.4 Å². The number of aromatic amines is 2. The highest BCUT2D eigenvalue weighted by molar-refractivity contribution is 5.92. The largest absolute Gasteiger partial charge is 0.448 e. The van der Waals surface area contributed by atoms with E-state index in [2.05, 4.69) is 40.5 Å². The van der Waals surface area contributed by atoms with Gasteiger partial charge in [0.1, 0.15) is 28.5 Å². The van der Waals surface area contributed by atoms with Gasteiger partial charge in [0.15, 0.2) is 11.8 Å². The topological polar surface area (TPSA) is 124 Å². The summed E-state index contributed by atoms with van der Waals surface area (Å²) >= 11 is 0. The number of H-pyrrole nitrogens is 2. The van der Waals surface area contributed by atoms with Gasteiger partial charge in [0.25, 0.3) is 0 Å². The van der Waals surface area contributed by atoms with Gasteiger partial charge in [-0.05, 0) is 19.1 Å². The minimum atomic E-state index is 0.592. The number of fused-ring (bicyclic) bond motifs is 1. The van der Waals surface area contributed by atoms with Gasteiger partial charge in [-0.25, -0.2) is 19.9 Å². The number of ether oxygens (including phenoxy) is 2. The van der Waals surface area contributed by atoms with Gasteiger partial charge in [0, 0.05) is 19.2 Å². The van der Waals surface area contributed by atoms with Crippen molar-refractivity contribution in [2.24, 2.45) is 0 Å². The molecule has 4 aromatic rings. The van der Waals surface area contributed by atoms with E-state index < -0.39 is 0 Å². The highest BCUT2D eigenvalue weighted by atomic mass is 16.5. The Morgan fingerprint density at radius 1 is 1.13 bits per heavy atom. The molecule has 0 atom stereocenters. The van der Waals surface area contributed by atoms with Gasteiger partial charge < -0.3 is 25.1 Å². The molecular formula is C20H23N8O2+. The maximum Gasteiger partial charge on any atom is 0.365 e. The van der Waals surface area contributed by atoms with Crippen molar-refractivity contribution < 1.29 is 14.5 Å². The molecule has 4 aromatic heterocycles. The molecule has 0 saturated heterocycles. The zero-order valence-electron chi connectivity index (χ0n) is 17.0. The van der Waals surface area contributed by atoms with Crippen molar-refractivity contribution in [1.29, 1.82) is 0 Å². The molecule has 0 radical (unpaired) electrons. The van der Waals surface area contributed by atoms with Crippen molar-refractivity contribution in [2.75, 3.05) is 38.0 Å². The molecule has 0 unspecified atom stereocenters. The lowest BCUT2D eigenvalue weighted by molar-refractivity contribution is -0.392. The normalized spacial score (nSPS) is 10.9. The quantitative estimate of drug-likeness (QED) is 0.380. The number of methoxy groups -OCH3 is 2. The van der Waals surface area contributed by atoms with E-state index in [1.807, 2.05) is 31.3 Å². The molecule has 0 bridgehead atoms. The molecule has 4 heterocycles. The Kier molecular flexibility index (Phi) is 5.66. The van der Waals surface area contributed by atoms with Crippen molar-refractivity contribution in [3.63, 3.8) is 0 Å². The van der Waals surface area contributed by atoms with Crippen LogP contribution in [0.2, 0.25) is 0 Å². The Morgan fingerprint density at radius 3 is 2.80 bits per heavy atom. The number of aromatic nitrogens is 6. The third-order valence-corrected chi connectivity index (χ3v) is 4.44. The first-order valence-electron chi connectivity index (χ1n) is 9.41. The molecule has 0 amide bonds. The molecule has 154 valence electrons. The fourth-order valence-corrected chi connectivity index (χ4v) is 3.03. The van der Waals surface area contributed by atoms with Crippen molar-refractivity contribution >= 4 is 28.4 Å². The number of rotatable bonds is 8. The Balaban J connectivity index is 1.77. The number of hydrogen-bond acceptors (Lipinski definition) is 8. The van der Waals surface area contributed by atoms with E-state index in [0.717, 1.165) is 28.1 Å². The zero-order valence-corrected chi connectivity index (χ0v) is 17.0. The van der Waals surface area contributed by atoms with Gasteiger partial charge in [-0.1, -0.05) is 0 Å². The molecule has 4 N–H and O–H groups in total. The summed E-state index contributed by atoms with van der Waals surface area (Å²) in [5, 5.41) is 6.66. The molecule has 0 aliphatic rings. The Bertz CT molecular complexity index is 1140. The molecule has 0 aromatic carbocycles. The molecule has 4 rings (SSSR count). The lowest BCUT2D eigenvalue weighted by Crippen LogP contribution is -2.10. The molecule has 0 fully saturated rings. The minimum Gasteiger partial charge on any atom is -0.448 e. The SMILES string of the molecule is COCCNc1cnc(Nc2ccc(OC)[nH+]c2)c(-c2nc(C)nc3nc[nH]c23)c1. The van der Waals surface area contributed by atoms with Crippen LogP contribution in [0.25, 0.3) is 22.4 Å². The van der Waals surface area contributed by atoms with E-state index in [-0.39, 0.29) is 0 Å². The third-order valence-electron chi connectivity index (χ3n) is 4.44. The van der Waals surface area contributed by atoms with Crippen molar-refractivity contribution in [1.82, 2.24) is 24.9 Å². The highest BCUT2D eigenvalue weighted by Crippen LogP contribution is 2.33. The molecular weight excluding hydrogens is 384 g/mol. The average Bonchev–Trinajstić information content (AvgIpc) is 3.23. The second-order valence-electron chi connectivity index (χ2n) is 6.53. The molecule has 10 heteroatoms. The van der Waals surface area contributed by atoms with Gasteiger partial charge >= 0.3 is 5.88 Å². The van der Waals surface area contributed by atoms with Crippen LogP contribution in [0, 0.1) is 6.92 Å². The number of imidazole rings is 1. The fourth-order valence-electron chi connectivity index (χ4n) is 3.03. The summed E-state index contributed by atoms with van der Waals surface area (Å²) in [4.78, 5) is 24.2. The number of hydrogen-bond donors (Lipinski definition) is 3. The summed E-state index contributed by atoms with van der Waals surface area (Å²) in [6.07, 6.45) is 5.20. The molecule has 0 spiro atoms. The smallest absolute Gasteiger partial charge is 0.365 e. The monoisotopic (exact) mass is 407 g/mol. The van der Waals surface area contributed by atoms with E-state index in [1.165, 1.54) is 0 Å². The third kappa shape index (κ3) is 4.13. The molecule has 0 aliphatic carbocycles. The van der Waals surface area contributed by atoms with E-state index in [4.69, 9.17) is 9.47 Å². The molecule has 0 aliphatic heterocycles. The van der Waals surface area contributed by atoms with Gasteiger partial charge in [0.05, 0.1) is 38.0 Å². The van der Waals surface area contributed by atoms with E-state index in [1.54, 1.807) is 26.7 Å². The average molecular weight is 407 g/mol. The predicted molar refractivity (Wildman–Crippen MR) is 113 cm³/mol. The van der Waals surface area contributed by atoms with Crippen LogP contribution in [0.5, 0.6) is 5.88 Å². The summed E-state index contributed by atoms with van der Waals surface area (Å²) in [5.74, 6) is 1.95. The number of anilines is 3. The number of nitrogens with one attached hydrogen (secondary N) is 4. The predicted octanol–water partition coefficient (Wildman–Crippen LogP) is 2.35. The van der Waals surface area contributed by atoms with Gasteiger partial charge in [-0.3, -0.25) is 0 Å². The fraction of sp³-hybridized carbons (Fsp3) is 0.250. The molecule has 30 heavy (non-hydrogen) atoms. The van der Waals surface area contributed by atoms with Crippen LogP contribution in [0.3, 0.4) is 0 Å². The highest BCUT2D eigenvalue weighted by Gasteiger charge is 2.17. The van der Waals surface area contributed by atoms with Crippen LogP contribution in [0.1, 0.15) is 5.82 Å². The van der Waals surface area contributed by atoms with E-state index >= 15 is 0 Å². The molecule has 10 nitrogen and oxygen atoms in total. The van der Waals surface area contributed by atoms with E-state index in [9.17, 15) is 0 Å². The zero-order chi connectivity index (χ0) is 20.9. The summed E-state index contributed by atoms with van der Waals surface area (Å²) < 4.78 is 10.3. The molecule has 0 saturated carbocycles. The first-order chi connectivity index (χ1) is 14.7. The number of pyridine rings is 2. The Labute approximate surface area is 173 Å². The van der Waals surface area contributed by atoms with Crippen LogP contribution in [0.15, 0.2) is 36.9 Å². The van der Waals surface area contributed by atoms with E-state index in [0.29, 0.717) is 36.3 Å². The first-order valence-corrected chi connectivity index (χ1v) is 9.41. The Hall–Kier alpha value is -3.79. The minimum absolute atomic E-state index is 0.592. The summed E-state index contributed by atoms with van der Waals surface area (Å²) in [6, 6.07) is 5.74. The van der Waals surface area contributed by atoms with Gasteiger partial charge in [-0.15, -0.1) is 0 Å². The van der Waals surface area contributed by atoms with Crippen LogP contribution in [-0.2, 0) is 4.74 Å². The maximum atomic E-state index is 5.18. The maximum absolute atomic E-state index is 5.18. The van der Waals surface area contributed by atoms with Gasteiger partial charge in [-0.2, -0.15) is 4.98 Å².